The van der Waals surface area contributed by atoms with Crippen LogP contribution in [0.5, 0.6) is 0 Å². The third-order valence-corrected chi connectivity index (χ3v) is 5.22. The van der Waals surface area contributed by atoms with Gasteiger partial charge in [0.25, 0.3) is 0 Å². The van der Waals surface area contributed by atoms with Gasteiger partial charge in [0.05, 0.1) is 0 Å². The molecule has 2 aliphatic rings. The summed E-state index contributed by atoms with van der Waals surface area (Å²) in [6.45, 7) is 3.80. The van der Waals surface area contributed by atoms with Gasteiger partial charge >= 0.3 is 0 Å². The Labute approximate surface area is 96.0 Å². The Morgan fingerprint density at radius 2 is 1.80 bits per heavy atom. The molecule has 0 saturated carbocycles. The van der Waals surface area contributed by atoms with Gasteiger partial charge in [0.2, 0.25) is 0 Å². The van der Waals surface area contributed by atoms with Crippen LogP contribution in [0.15, 0.2) is 0 Å². The lowest BCUT2D eigenvalue weighted by Gasteiger charge is -2.35. The molecule has 15 heavy (non-hydrogen) atoms. The first kappa shape index (κ1) is 11.8. The number of hydrogen-bond donors (Lipinski definition) is 1. The average Bonchev–Trinajstić information content (AvgIpc) is 2.31. The molecule has 0 aromatic heterocycles. The van der Waals surface area contributed by atoms with Crippen molar-refractivity contribution in [1.29, 1.82) is 0 Å². The molecule has 2 saturated heterocycles. The number of hydrogen-bond acceptors (Lipinski definition) is 2. The van der Waals surface area contributed by atoms with Crippen LogP contribution >= 0.6 is 8.58 Å². The summed E-state index contributed by atoms with van der Waals surface area (Å²) in [6, 6.07) is 0.857. The number of rotatable bonds is 3. The van der Waals surface area contributed by atoms with E-state index in [-0.39, 0.29) is 0 Å². The smallest absolute Gasteiger partial charge is 0.0116 e. The molecule has 2 rings (SSSR count). The van der Waals surface area contributed by atoms with Crippen molar-refractivity contribution >= 4 is 8.58 Å². The van der Waals surface area contributed by atoms with E-state index in [1.165, 1.54) is 66.2 Å². The normalized spacial score (nSPS) is 31.2. The van der Waals surface area contributed by atoms with Crippen LogP contribution in [-0.4, -0.2) is 49.9 Å². The first-order valence-electron chi connectivity index (χ1n) is 6.48. The largest absolute Gasteiger partial charge is 0.317 e. The van der Waals surface area contributed by atoms with E-state index in [2.05, 4.69) is 17.3 Å². The van der Waals surface area contributed by atoms with E-state index in [4.69, 9.17) is 0 Å². The minimum Gasteiger partial charge on any atom is -0.317 e. The van der Waals surface area contributed by atoms with E-state index in [9.17, 15) is 0 Å². The molecule has 0 unspecified atom stereocenters. The lowest BCUT2D eigenvalue weighted by atomic mass is 9.99. The third-order valence-electron chi connectivity index (χ3n) is 3.94. The second-order valence-electron chi connectivity index (χ2n) is 5.11. The fourth-order valence-electron chi connectivity index (χ4n) is 2.87. The molecule has 0 amide bonds. The predicted octanol–water partition coefficient (Wildman–Crippen LogP) is 1.76. The van der Waals surface area contributed by atoms with Gasteiger partial charge in [-0.2, -0.15) is 0 Å². The van der Waals surface area contributed by atoms with Crippen molar-refractivity contribution in [3.63, 3.8) is 0 Å². The molecule has 2 heterocycles. The molecule has 0 spiro atoms. The van der Waals surface area contributed by atoms with Crippen LogP contribution in [0.25, 0.3) is 0 Å². The molecule has 2 aliphatic heterocycles. The SMILES string of the molecule is CN(CC1CCPCC1)C1CCNCC1. The molecule has 3 heteroatoms. The van der Waals surface area contributed by atoms with Crippen molar-refractivity contribution in [1.82, 2.24) is 10.2 Å². The highest BCUT2D eigenvalue weighted by atomic mass is 31.1. The summed E-state index contributed by atoms with van der Waals surface area (Å²) in [5.41, 5.74) is 0. The fourth-order valence-corrected chi connectivity index (χ4v) is 4.34. The zero-order valence-corrected chi connectivity index (χ0v) is 11.0. The monoisotopic (exact) mass is 228 g/mol. The van der Waals surface area contributed by atoms with Crippen molar-refractivity contribution in [2.45, 2.75) is 31.7 Å². The van der Waals surface area contributed by atoms with Gasteiger partial charge in [0.1, 0.15) is 0 Å². The summed E-state index contributed by atoms with van der Waals surface area (Å²) in [7, 11) is 3.60. The number of piperidine rings is 1. The summed E-state index contributed by atoms with van der Waals surface area (Å²) in [5.74, 6) is 1.01. The zero-order chi connectivity index (χ0) is 10.5. The lowest BCUT2D eigenvalue weighted by Crippen LogP contribution is -2.43. The van der Waals surface area contributed by atoms with E-state index in [0.29, 0.717) is 0 Å². The lowest BCUT2D eigenvalue weighted by molar-refractivity contribution is 0.168. The highest BCUT2D eigenvalue weighted by molar-refractivity contribution is 7.38. The Morgan fingerprint density at radius 3 is 2.47 bits per heavy atom. The van der Waals surface area contributed by atoms with E-state index >= 15 is 0 Å². The minimum absolute atomic E-state index is 0.857. The van der Waals surface area contributed by atoms with Crippen LogP contribution in [0.4, 0.5) is 0 Å². The standard InChI is InChI=1S/C12H25N2P/c1-14(12-2-6-13-7-3-12)10-11-4-8-15-9-5-11/h11-13,15H,2-10H2,1H3. The maximum Gasteiger partial charge on any atom is 0.0116 e. The average molecular weight is 228 g/mol. The van der Waals surface area contributed by atoms with Gasteiger partial charge in [-0.3, -0.25) is 0 Å². The fraction of sp³-hybridized carbons (Fsp3) is 1.00. The van der Waals surface area contributed by atoms with Gasteiger partial charge in [-0.15, -0.1) is 8.58 Å². The molecule has 1 N–H and O–H groups in total. The first-order chi connectivity index (χ1) is 7.36. The molecule has 0 radical (unpaired) electrons. The van der Waals surface area contributed by atoms with Crippen molar-refractivity contribution in [3.05, 3.63) is 0 Å². The molecule has 0 aromatic rings. The highest BCUT2D eigenvalue weighted by Gasteiger charge is 2.21. The second-order valence-corrected chi connectivity index (χ2v) is 6.61. The summed E-state index contributed by atoms with van der Waals surface area (Å²) in [6.07, 6.45) is 8.70. The van der Waals surface area contributed by atoms with Crippen LogP contribution in [0.3, 0.4) is 0 Å². The quantitative estimate of drug-likeness (QED) is 0.740. The topological polar surface area (TPSA) is 15.3 Å². The Kier molecular flexibility index (Phi) is 4.87. The van der Waals surface area contributed by atoms with Gasteiger partial charge in [-0.05, 0) is 64.1 Å². The highest BCUT2D eigenvalue weighted by Crippen LogP contribution is 2.28. The molecule has 2 fully saturated rings. The maximum absolute atomic E-state index is 3.45. The summed E-state index contributed by atoms with van der Waals surface area (Å²) in [5, 5.41) is 3.45. The minimum atomic E-state index is 0.857. The molecule has 0 aromatic carbocycles. The molecule has 0 bridgehead atoms. The van der Waals surface area contributed by atoms with Crippen molar-refractivity contribution in [3.8, 4) is 0 Å². The zero-order valence-electron chi connectivity index (χ0n) is 9.97. The Hall–Kier alpha value is 0.350. The van der Waals surface area contributed by atoms with E-state index in [0.717, 1.165) is 12.0 Å². The van der Waals surface area contributed by atoms with Gasteiger partial charge in [0.15, 0.2) is 0 Å². The van der Waals surface area contributed by atoms with Crippen molar-refractivity contribution in [2.24, 2.45) is 5.92 Å². The van der Waals surface area contributed by atoms with Crippen LogP contribution < -0.4 is 5.32 Å². The van der Waals surface area contributed by atoms with Gasteiger partial charge in [-0.1, -0.05) is 0 Å². The van der Waals surface area contributed by atoms with Gasteiger partial charge in [0, 0.05) is 12.6 Å². The van der Waals surface area contributed by atoms with E-state index < -0.39 is 0 Å². The van der Waals surface area contributed by atoms with Gasteiger partial charge in [-0.25, -0.2) is 0 Å². The Balaban J connectivity index is 1.72. The first-order valence-corrected chi connectivity index (χ1v) is 7.89. The number of nitrogens with one attached hydrogen (secondary N) is 1. The third kappa shape index (κ3) is 3.69. The van der Waals surface area contributed by atoms with Crippen LogP contribution in [0.1, 0.15) is 25.7 Å². The van der Waals surface area contributed by atoms with Gasteiger partial charge < -0.3 is 10.2 Å². The van der Waals surface area contributed by atoms with Crippen LogP contribution in [-0.2, 0) is 0 Å². The van der Waals surface area contributed by atoms with Crippen LogP contribution in [0, 0.1) is 5.92 Å². The van der Waals surface area contributed by atoms with Crippen molar-refractivity contribution in [2.75, 3.05) is 39.0 Å². The Bertz CT molecular complexity index is 174. The molecular formula is C12H25N2P. The number of nitrogens with zero attached hydrogens (tertiary/aromatic N) is 1. The molecule has 88 valence electrons. The molecule has 2 nitrogen and oxygen atoms in total. The van der Waals surface area contributed by atoms with Crippen LogP contribution in [0.2, 0.25) is 0 Å². The summed E-state index contributed by atoms with van der Waals surface area (Å²) in [4.78, 5) is 2.64. The molecular weight excluding hydrogens is 203 g/mol. The molecule has 0 aliphatic carbocycles. The van der Waals surface area contributed by atoms with E-state index in [1.54, 1.807) is 0 Å². The molecule has 0 atom stereocenters. The summed E-state index contributed by atoms with van der Waals surface area (Å²) >= 11 is 0. The maximum atomic E-state index is 3.45. The van der Waals surface area contributed by atoms with Crippen molar-refractivity contribution < 1.29 is 0 Å². The predicted molar refractivity (Wildman–Crippen MR) is 69.3 cm³/mol. The second kappa shape index (κ2) is 6.18. The summed E-state index contributed by atoms with van der Waals surface area (Å²) < 4.78 is 0. The van der Waals surface area contributed by atoms with E-state index in [1.807, 2.05) is 0 Å². The Morgan fingerprint density at radius 1 is 1.13 bits per heavy atom.